The van der Waals surface area contributed by atoms with Gasteiger partial charge >= 0.3 is 0 Å². The molecule has 0 bridgehead atoms. The van der Waals surface area contributed by atoms with Gasteiger partial charge < -0.3 is 15.2 Å². The van der Waals surface area contributed by atoms with E-state index < -0.39 is 0 Å². The molecule has 0 aliphatic carbocycles. The number of aromatic nitrogens is 2. The quantitative estimate of drug-likeness (QED) is 0.570. The summed E-state index contributed by atoms with van der Waals surface area (Å²) in [5, 5.41) is 7.06. The monoisotopic (exact) mass is 382 g/mol. The molecule has 0 radical (unpaired) electrons. The minimum Gasteiger partial charge on any atom is -0.356 e. The molecule has 3 rings (SSSR count). The molecule has 2 N–H and O–H groups in total. The molecule has 0 saturated carbocycles. The molecule has 1 saturated heterocycles. The van der Waals surface area contributed by atoms with E-state index in [0.29, 0.717) is 18.0 Å². The maximum absolute atomic E-state index is 4.54. The van der Waals surface area contributed by atoms with Gasteiger partial charge in [-0.25, -0.2) is 4.98 Å². The second-order valence-electron chi connectivity index (χ2n) is 7.98. The summed E-state index contributed by atoms with van der Waals surface area (Å²) >= 11 is 0. The molecule has 2 heterocycles. The molecule has 152 valence electrons. The van der Waals surface area contributed by atoms with Gasteiger partial charge in [-0.15, -0.1) is 0 Å². The molecule has 2 unspecified atom stereocenters. The van der Waals surface area contributed by atoms with Crippen molar-refractivity contribution in [1.82, 2.24) is 25.1 Å². The predicted octanol–water partition coefficient (Wildman–Crippen LogP) is 2.37. The van der Waals surface area contributed by atoms with E-state index in [1.54, 1.807) is 0 Å². The summed E-state index contributed by atoms with van der Waals surface area (Å²) in [6.07, 6.45) is 4.79. The van der Waals surface area contributed by atoms with Crippen molar-refractivity contribution in [3.8, 4) is 0 Å². The van der Waals surface area contributed by atoms with Gasteiger partial charge in [-0.3, -0.25) is 9.89 Å². The largest absolute Gasteiger partial charge is 0.356 e. The molecule has 1 aliphatic heterocycles. The number of nitrogens with one attached hydrogen (secondary N) is 2. The summed E-state index contributed by atoms with van der Waals surface area (Å²) in [7, 11) is 1.84. The predicted molar refractivity (Wildman–Crippen MR) is 116 cm³/mol. The Labute approximate surface area is 169 Å². The highest BCUT2D eigenvalue weighted by molar-refractivity contribution is 5.80. The van der Waals surface area contributed by atoms with Gasteiger partial charge in [0.2, 0.25) is 0 Å². The van der Waals surface area contributed by atoms with Crippen LogP contribution < -0.4 is 10.6 Å². The normalized spacial score (nSPS) is 20.7. The van der Waals surface area contributed by atoms with Gasteiger partial charge in [-0.2, -0.15) is 0 Å². The first-order valence-electron chi connectivity index (χ1n) is 10.3. The first-order valence-corrected chi connectivity index (χ1v) is 10.3. The van der Waals surface area contributed by atoms with E-state index in [0.717, 1.165) is 44.4 Å². The van der Waals surface area contributed by atoms with E-state index >= 15 is 0 Å². The lowest BCUT2D eigenvalue weighted by Crippen LogP contribution is -2.47. The van der Waals surface area contributed by atoms with E-state index in [1.165, 1.54) is 5.56 Å². The van der Waals surface area contributed by atoms with Crippen LogP contribution in [-0.4, -0.2) is 59.2 Å². The van der Waals surface area contributed by atoms with E-state index in [2.05, 4.69) is 81.3 Å². The smallest absolute Gasteiger partial charge is 0.191 e. The number of aliphatic imine (C=N–C) groups is 1. The van der Waals surface area contributed by atoms with Gasteiger partial charge in [-0.05, 0) is 25.3 Å². The molecule has 1 aromatic carbocycles. The van der Waals surface area contributed by atoms with Crippen LogP contribution in [-0.2, 0) is 13.0 Å². The number of hydrogen-bond acceptors (Lipinski definition) is 3. The van der Waals surface area contributed by atoms with Crippen molar-refractivity contribution in [2.24, 2.45) is 10.9 Å². The summed E-state index contributed by atoms with van der Waals surface area (Å²) < 4.78 is 2.22. The van der Waals surface area contributed by atoms with Crippen LogP contribution in [0.2, 0.25) is 0 Å². The van der Waals surface area contributed by atoms with E-state index in [1.807, 2.05) is 19.3 Å². The summed E-state index contributed by atoms with van der Waals surface area (Å²) in [5.41, 5.74) is 1.29. The molecule has 1 aliphatic rings. The van der Waals surface area contributed by atoms with Crippen molar-refractivity contribution < 1.29 is 0 Å². The standard InChI is InChI=1S/C22H34N6/c1-17(2)28-14-18(3)20(16-28)26-22(23-4)25-11-10-21-24-12-13-27(21)15-19-8-6-5-7-9-19/h5-9,12-13,17-18,20H,10-11,14-16H2,1-4H3,(H2,23,25,26). The Morgan fingerprint density at radius 3 is 2.71 bits per heavy atom. The van der Waals surface area contributed by atoms with E-state index in [-0.39, 0.29) is 0 Å². The maximum atomic E-state index is 4.54. The lowest BCUT2D eigenvalue weighted by Gasteiger charge is -2.22. The van der Waals surface area contributed by atoms with Crippen molar-refractivity contribution >= 4 is 5.96 Å². The van der Waals surface area contributed by atoms with Gasteiger partial charge in [-0.1, -0.05) is 37.3 Å². The van der Waals surface area contributed by atoms with Crippen LogP contribution in [0.3, 0.4) is 0 Å². The van der Waals surface area contributed by atoms with Crippen molar-refractivity contribution in [3.63, 3.8) is 0 Å². The summed E-state index contributed by atoms with van der Waals surface area (Å²) in [6.45, 7) is 10.7. The van der Waals surface area contributed by atoms with Crippen LogP contribution >= 0.6 is 0 Å². The molecule has 0 amide bonds. The molecule has 1 aromatic heterocycles. The average molecular weight is 383 g/mol. The average Bonchev–Trinajstić information content (AvgIpc) is 3.28. The molecule has 2 atom stereocenters. The van der Waals surface area contributed by atoms with Gasteiger partial charge in [0, 0.05) is 64.1 Å². The topological polar surface area (TPSA) is 57.5 Å². The fourth-order valence-corrected chi connectivity index (χ4v) is 3.77. The van der Waals surface area contributed by atoms with Gasteiger partial charge in [0.15, 0.2) is 5.96 Å². The molecule has 0 spiro atoms. The Hall–Kier alpha value is -2.34. The van der Waals surface area contributed by atoms with Crippen LogP contribution in [0.1, 0.15) is 32.2 Å². The van der Waals surface area contributed by atoms with Gasteiger partial charge in [0.25, 0.3) is 0 Å². The Kier molecular flexibility index (Phi) is 7.09. The van der Waals surface area contributed by atoms with E-state index in [4.69, 9.17) is 0 Å². The summed E-state index contributed by atoms with van der Waals surface area (Å²) in [5.74, 6) is 2.58. The first kappa shape index (κ1) is 20.4. The molecule has 6 heteroatoms. The highest BCUT2D eigenvalue weighted by atomic mass is 15.3. The SMILES string of the molecule is CN=C(NCCc1nccn1Cc1ccccc1)NC1CN(C(C)C)CC1C. The number of likely N-dealkylation sites (tertiary alicyclic amines) is 1. The van der Waals surface area contributed by atoms with Crippen molar-refractivity contribution in [1.29, 1.82) is 0 Å². The Bertz CT molecular complexity index is 751. The third-order valence-electron chi connectivity index (χ3n) is 5.56. The zero-order valence-electron chi connectivity index (χ0n) is 17.6. The minimum atomic E-state index is 0.439. The number of guanidine groups is 1. The summed E-state index contributed by atoms with van der Waals surface area (Å²) in [6, 6.07) is 11.5. The first-order chi connectivity index (χ1) is 13.6. The third-order valence-corrected chi connectivity index (χ3v) is 5.56. The Balaban J connectivity index is 1.49. The molecular formula is C22H34N6. The Morgan fingerprint density at radius 1 is 1.25 bits per heavy atom. The van der Waals surface area contributed by atoms with Crippen LogP contribution in [0, 0.1) is 5.92 Å². The van der Waals surface area contributed by atoms with Gasteiger partial charge in [0.05, 0.1) is 0 Å². The molecule has 28 heavy (non-hydrogen) atoms. The second kappa shape index (κ2) is 9.73. The molecule has 1 fully saturated rings. The molecule has 6 nitrogen and oxygen atoms in total. The van der Waals surface area contributed by atoms with Crippen LogP contribution in [0.25, 0.3) is 0 Å². The number of benzene rings is 1. The zero-order valence-corrected chi connectivity index (χ0v) is 17.6. The highest BCUT2D eigenvalue weighted by Gasteiger charge is 2.31. The van der Waals surface area contributed by atoms with Gasteiger partial charge in [0.1, 0.15) is 5.82 Å². The minimum absolute atomic E-state index is 0.439. The van der Waals surface area contributed by atoms with Crippen molar-refractivity contribution in [2.45, 2.75) is 45.8 Å². The molecule has 2 aromatic rings. The number of nitrogens with zero attached hydrogens (tertiary/aromatic N) is 4. The lowest BCUT2D eigenvalue weighted by molar-refractivity contribution is 0.265. The maximum Gasteiger partial charge on any atom is 0.191 e. The fourth-order valence-electron chi connectivity index (χ4n) is 3.77. The number of imidazole rings is 1. The van der Waals surface area contributed by atoms with Crippen molar-refractivity contribution in [2.75, 3.05) is 26.7 Å². The third kappa shape index (κ3) is 5.35. The second-order valence-corrected chi connectivity index (χ2v) is 7.98. The van der Waals surface area contributed by atoms with E-state index in [9.17, 15) is 0 Å². The van der Waals surface area contributed by atoms with Crippen molar-refractivity contribution in [3.05, 3.63) is 54.1 Å². The van der Waals surface area contributed by atoms with Crippen LogP contribution in [0.4, 0.5) is 0 Å². The molecular weight excluding hydrogens is 348 g/mol. The van der Waals surface area contributed by atoms with Crippen LogP contribution in [0.5, 0.6) is 0 Å². The Morgan fingerprint density at radius 2 is 2.04 bits per heavy atom. The highest BCUT2D eigenvalue weighted by Crippen LogP contribution is 2.18. The summed E-state index contributed by atoms with van der Waals surface area (Å²) in [4.78, 5) is 11.5. The lowest BCUT2D eigenvalue weighted by atomic mass is 10.1. The van der Waals surface area contributed by atoms with Crippen LogP contribution in [0.15, 0.2) is 47.7 Å². The number of rotatable bonds is 7. The number of hydrogen-bond donors (Lipinski definition) is 2. The zero-order chi connectivity index (χ0) is 19.9. The fraction of sp³-hybridized carbons (Fsp3) is 0.545.